The molecule has 108 valence electrons. The smallest absolute Gasteiger partial charge is 0.140 e. The van der Waals surface area contributed by atoms with Gasteiger partial charge in [0.05, 0.1) is 12.1 Å². The predicted molar refractivity (Wildman–Crippen MR) is 71.6 cm³/mol. The van der Waals surface area contributed by atoms with Crippen molar-refractivity contribution >= 4 is 0 Å². The second-order valence-electron chi connectivity index (χ2n) is 5.69. The Balaban J connectivity index is 1.80. The Morgan fingerprint density at radius 2 is 2.21 bits per heavy atom. The molecule has 0 spiro atoms. The van der Waals surface area contributed by atoms with Gasteiger partial charge in [0, 0.05) is 39.1 Å². The number of nitrogens with one attached hydrogen (secondary N) is 1. The average Bonchev–Trinajstić information content (AvgIpc) is 2.76. The zero-order valence-corrected chi connectivity index (χ0v) is 11.8. The Morgan fingerprint density at radius 3 is 2.89 bits per heavy atom. The van der Waals surface area contributed by atoms with Crippen LogP contribution in [0.2, 0.25) is 0 Å². The number of aromatic nitrogens is 3. The Hall–Kier alpha value is -0.980. The van der Waals surface area contributed by atoms with Crippen molar-refractivity contribution in [3.8, 4) is 0 Å². The van der Waals surface area contributed by atoms with Crippen LogP contribution in [0.25, 0.3) is 0 Å². The Bertz CT molecular complexity index is 386. The van der Waals surface area contributed by atoms with Crippen LogP contribution < -0.4 is 5.32 Å². The molecule has 2 N–H and O–H groups in total. The molecular formula is C13H24N4O2. The summed E-state index contributed by atoms with van der Waals surface area (Å²) in [6.07, 6.45) is 2.97. The number of aliphatic hydroxyl groups is 1. The molecule has 6 nitrogen and oxygen atoms in total. The van der Waals surface area contributed by atoms with Gasteiger partial charge >= 0.3 is 0 Å². The average molecular weight is 268 g/mol. The first-order valence-electron chi connectivity index (χ1n) is 6.97. The molecule has 19 heavy (non-hydrogen) atoms. The maximum atomic E-state index is 10.3. The van der Waals surface area contributed by atoms with Gasteiger partial charge < -0.3 is 15.2 Å². The second-order valence-corrected chi connectivity index (χ2v) is 5.69. The molecule has 0 amide bonds. The number of ether oxygens (including phenoxy) is 1. The van der Waals surface area contributed by atoms with Gasteiger partial charge in [-0.1, -0.05) is 13.8 Å². The first-order valence-corrected chi connectivity index (χ1v) is 6.97. The van der Waals surface area contributed by atoms with Crippen LogP contribution >= 0.6 is 0 Å². The first kappa shape index (κ1) is 14.4. The number of hydrogen-bond donors (Lipinski definition) is 2. The lowest BCUT2D eigenvalue weighted by molar-refractivity contribution is -0.0617. The van der Waals surface area contributed by atoms with Crippen molar-refractivity contribution in [1.29, 1.82) is 0 Å². The summed E-state index contributed by atoms with van der Waals surface area (Å²) in [4.78, 5) is 4.26. The van der Waals surface area contributed by atoms with E-state index >= 15 is 0 Å². The minimum absolute atomic E-state index is 0.542. The van der Waals surface area contributed by atoms with Crippen LogP contribution in [0.5, 0.6) is 0 Å². The quantitative estimate of drug-likeness (QED) is 0.789. The molecule has 1 aliphatic heterocycles. The molecule has 0 unspecified atom stereocenters. The summed E-state index contributed by atoms with van der Waals surface area (Å²) in [7, 11) is 0. The third-order valence-corrected chi connectivity index (χ3v) is 3.39. The van der Waals surface area contributed by atoms with E-state index in [9.17, 15) is 5.11 Å². The molecule has 1 aliphatic rings. The lowest BCUT2D eigenvalue weighted by Gasteiger charge is -2.32. The first-order chi connectivity index (χ1) is 9.09. The molecule has 1 fully saturated rings. The van der Waals surface area contributed by atoms with Crippen LogP contribution in [0.3, 0.4) is 0 Å². The molecule has 0 radical (unpaired) electrons. The maximum absolute atomic E-state index is 10.3. The number of nitrogens with zero attached hydrogens (tertiary/aromatic N) is 3. The molecule has 0 saturated carbocycles. The topological polar surface area (TPSA) is 72.2 Å². The highest BCUT2D eigenvalue weighted by atomic mass is 16.5. The van der Waals surface area contributed by atoms with E-state index in [2.05, 4.69) is 29.2 Å². The third-order valence-electron chi connectivity index (χ3n) is 3.39. The van der Waals surface area contributed by atoms with Crippen molar-refractivity contribution in [1.82, 2.24) is 20.1 Å². The van der Waals surface area contributed by atoms with Gasteiger partial charge in [-0.25, -0.2) is 9.67 Å². The van der Waals surface area contributed by atoms with Gasteiger partial charge in [0.2, 0.25) is 0 Å². The highest BCUT2D eigenvalue weighted by Gasteiger charge is 2.29. The standard InChI is InChI=1S/C13H24N4O2/c1-11(2)8-17-12(15-10-16-17)7-14-9-13(18)3-5-19-6-4-13/h10-11,14,18H,3-9H2,1-2H3. The van der Waals surface area contributed by atoms with Crippen molar-refractivity contribution in [2.24, 2.45) is 5.92 Å². The Morgan fingerprint density at radius 1 is 1.47 bits per heavy atom. The lowest BCUT2D eigenvalue weighted by Crippen LogP contribution is -2.45. The van der Waals surface area contributed by atoms with E-state index < -0.39 is 5.60 Å². The molecule has 1 saturated heterocycles. The van der Waals surface area contributed by atoms with Crippen LogP contribution in [0.1, 0.15) is 32.5 Å². The van der Waals surface area contributed by atoms with E-state index in [1.807, 2.05) is 4.68 Å². The summed E-state index contributed by atoms with van der Waals surface area (Å²) < 4.78 is 7.19. The molecule has 0 bridgehead atoms. The van der Waals surface area contributed by atoms with Crippen LogP contribution in [0.15, 0.2) is 6.33 Å². The highest BCUT2D eigenvalue weighted by Crippen LogP contribution is 2.19. The summed E-state index contributed by atoms with van der Waals surface area (Å²) in [5.41, 5.74) is -0.638. The van der Waals surface area contributed by atoms with Crippen LogP contribution in [-0.2, 0) is 17.8 Å². The fourth-order valence-corrected chi connectivity index (χ4v) is 2.26. The summed E-state index contributed by atoms with van der Waals surface area (Å²) in [5.74, 6) is 1.46. The highest BCUT2D eigenvalue weighted by molar-refractivity contribution is 4.88. The van der Waals surface area contributed by atoms with E-state index in [1.165, 1.54) is 0 Å². The SMILES string of the molecule is CC(C)Cn1ncnc1CNCC1(O)CCOCC1. The van der Waals surface area contributed by atoms with E-state index in [-0.39, 0.29) is 0 Å². The summed E-state index contributed by atoms with van der Waals surface area (Å²) in [5, 5.41) is 17.8. The van der Waals surface area contributed by atoms with Gasteiger partial charge in [-0.2, -0.15) is 5.10 Å². The zero-order valence-electron chi connectivity index (χ0n) is 11.8. The Kier molecular flexibility index (Phi) is 4.90. The monoisotopic (exact) mass is 268 g/mol. The molecular weight excluding hydrogens is 244 g/mol. The number of hydrogen-bond acceptors (Lipinski definition) is 5. The molecule has 1 aromatic heterocycles. The summed E-state index contributed by atoms with van der Waals surface area (Å²) >= 11 is 0. The van der Waals surface area contributed by atoms with Gasteiger partial charge in [-0.15, -0.1) is 0 Å². The molecule has 0 atom stereocenters. The van der Waals surface area contributed by atoms with Gasteiger partial charge in [-0.05, 0) is 5.92 Å². The lowest BCUT2D eigenvalue weighted by atomic mass is 9.94. The van der Waals surface area contributed by atoms with Gasteiger partial charge in [-0.3, -0.25) is 0 Å². The van der Waals surface area contributed by atoms with E-state index in [1.54, 1.807) is 6.33 Å². The van der Waals surface area contributed by atoms with E-state index in [0.29, 0.717) is 45.1 Å². The van der Waals surface area contributed by atoms with E-state index in [4.69, 9.17) is 4.74 Å². The second kappa shape index (κ2) is 6.45. The fourth-order valence-electron chi connectivity index (χ4n) is 2.26. The minimum Gasteiger partial charge on any atom is -0.388 e. The van der Waals surface area contributed by atoms with E-state index in [0.717, 1.165) is 12.4 Å². The predicted octanol–water partition coefficient (Wildman–Crippen LogP) is 0.565. The van der Waals surface area contributed by atoms with Crippen LogP contribution in [0.4, 0.5) is 0 Å². The van der Waals surface area contributed by atoms with Crippen molar-refractivity contribution in [2.45, 2.75) is 45.4 Å². The van der Waals surface area contributed by atoms with Crippen molar-refractivity contribution < 1.29 is 9.84 Å². The largest absolute Gasteiger partial charge is 0.388 e. The summed E-state index contributed by atoms with van der Waals surface area (Å²) in [6.45, 7) is 7.67. The van der Waals surface area contributed by atoms with Crippen molar-refractivity contribution in [3.63, 3.8) is 0 Å². The van der Waals surface area contributed by atoms with Crippen molar-refractivity contribution in [2.75, 3.05) is 19.8 Å². The van der Waals surface area contributed by atoms with Gasteiger partial charge in [0.1, 0.15) is 12.2 Å². The number of rotatable bonds is 6. The Labute approximate surface area is 114 Å². The minimum atomic E-state index is -0.638. The van der Waals surface area contributed by atoms with Crippen LogP contribution in [-0.4, -0.2) is 45.2 Å². The summed E-state index contributed by atoms with van der Waals surface area (Å²) in [6, 6.07) is 0. The molecule has 2 heterocycles. The zero-order chi connectivity index (χ0) is 13.7. The fraction of sp³-hybridized carbons (Fsp3) is 0.846. The molecule has 6 heteroatoms. The molecule has 2 rings (SSSR count). The maximum Gasteiger partial charge on any atom is 0.140 e. The normalized spacial score (nSPS) is 18.9. The van der Waals surface area contributed by atoms with Crippen LogP contribution in [0, 0.1) is 5.92 Å². The molecule has 0 aliphatic carbocycles. The molecule has 0 aromatic carbocycles. The third kappa shape index (κ3) is 4.26. The van der Waals surface area contributed by atoms with Gasteiger partial charge in [0.15, 0.2) is 0 Å². The molecule has 1 aromatic rings. The van der Waals surface area contributed by atoms with Gasteiger partial charge in [0.25, 0.3) is 0 Å². The van der Waals surface area contributed by atoms with Crippen molar-refractivity contribution in [3.05, 3.63) is 12.2 Å².